The summed E-state index contributed by atoms with van der Waals surface area (Å²) in [6.45, 7) is 2.08. The number of methoxy groups -OCH3 is 1. The van der Waals surface area contributed by atoms with Gasteiger partial charge in [0.1, 0.15) is 24.6 Å². The van der Waals surface area contributed by atoms with Crippen molar-refractivity contribution >= 4 is 0 Å². The van der Waals surface area contributed by atoms with E-state index in [0.717, 1.165) is 42.8 Å². The lowest BCUT2D eigenvalue weighted by molar-refractivity contribution is -0.0956. The Balaban J connectivity index is 1.76. The molecule has 2 aromatic rings. The van der Waals surface area contributed by atoms with Gasteiger partial charge in [0.15, 0.2) is 0 Å². The second-order valence-corrected chi connectivity index (χ2v) is 7.47. The summed E-state index contributed by atoms with van der Waals surface area (Å²) in [6.07, 6.45) is 4.16. The minimum absolute atomic E-state index is 0.0261. The smallest absolute Gasteiger partial charge is 0.122 e. The lowest BCUT2D eigenvalue weighted by atomic mass is 10.1. The largest absolute Gasteiger partial charge is 0.491 e. The number of nitrogens with zero attached hydrogens (tertiary/aromatic N) is 3. The van der Waals surface area contributed by atoms with E-state index in [2.05, 4.69) is 16.0 Å². The number of hydrogen-bond acceptors (Lipinski definition) is 6. The number of imidazole rings is 1. The van der Waals surface area contributed by atoms with E-state index in [1.165, 1.54) is 0 Å². The fourth-order valence-electron chi connectivity index (χ4n) is 3.61. The molecule has 0 saturated heterocycles. The highest BCUT2D eigenvalue weighted by atomic mass is 16.5. The maximum atomic E-state index is 10.6. The van der Waals surface area contributed by atoms with Crippen molar-refractivity contribution < 1.29 is 19.7 Å². The van der Waals surface area contributed by atoms with E-state index in [1.54, 1.807) is 13.4 Å². The number of hydrogen-bond donors (Lipinski definition) is 2. The molecule has 0 radical (unpaired) electrons. The molecule has 0 unspecified atom stereocenters. The maximum Gasteiger partial charge on any atom is 0.122 e. The van der Waals surface area contributed by atoms with Crippen LogP contribution in [0.3, 0.4) is 0 Å². The molecular weight excluding hydrogens is 358 g/mol. The average Bonchev–Trinajstić information content (AvgIpc) is 3.11. The zero-order chi connectivity index (χ0) is 19.9. The van der Waals surface area contributed by atoms with E-state index in [9.17, 15) is 10.2 Å². The third-order valence-electron chi connectivity index (χ3n) is 5.21. The number of aliphatic hydroxyl groups excluding tert-OH is 2. The van der Waals surface area contributed by atoms with Crippen LogP contribution in [-0.2, 0) is 24.8 Å². The van der Waals surface area contributed by atoms with Gasteiger partial charge in [-0.2, -0.15) is 0 Å². The van der Waals surface area contributed by atoms with E-state index in [-0.39, 0.29) is 6.61 Å². The molecule has 0 amide bonds. The number of ether oxygens (including phenoxy) is 2. The summed E-state index contributed by atoms with van der Waals surface area (Å²) in [5.41, 5.74) is 2.10. The van der Waals surface area contributed by atoms with E-state index < -0.39 is 18.3 Å². The summed E-state index contributed by atoms with van der Waals surface area (Å²) < 4.78 is 13.3. The Hall–Kier alpha value is -1.93. The van der Waals surface area contributed by atoms with Gasteiger partial charge in [-0.05, 0) is 37.4 Å². The third kappa shape index (κ3) is 5.54. The van der Waals surface area contributed by atoms with Crippen LogP contribution in [0.15, 0.2) is 36.8 Å². The van der Waals surface area contributed by atoms with Crippen molar-refractivity contribution in [2.45, 2.75) is 44.1 Å². The third-order valence-corrected chi connectivity index (χ3v) is 5.21. The minimum Gasteiger partial charge on any atom is -0.491 e. The second-order valence-electron chi connectivity index (χ2n) is 7.47. The van der Waals surface area contributed by atoms with Crippen molar-refractivity contribution in [2.75, 3.05) is 26.8 Å². The van der Waals surface area contributed by atoms with Crippen molar-refractivity contribution in [1.82, 2.24) is 14.5 Å². The van der Waals surface area contributed by atoms with Gasteiger partial charge < -0.3 is 24.3 Å². The molecule has 7 heteroatoms. The first-order chi connectivity index (χ1) is 13.6. The first-order valence-corrected chi connectivity index (χ1v) is 9.85. The van der Waals surface area contributed by atoms with E-state index in [1.807, 2.05) is 36.0 Å². The van der Waals surface area contributed by atoms with Gasteiger partial charge >= 0.3 is 0 Å². The first kappa shape index (κ1) is 20.8. The molecule has 0 bridgehead atoms. The lowest BCUT2D eigenvalue weighted by Crippen LogP contribution is -2.47. The van der Waals surface area contributed by atoms with Crippen molar-refractivity contribution in [3.63, 3.8) is 0 Å². The summed E-state index contributed by atoms with van der Waals surface area (Å²) in [5, 5.41) is 21.1. The summed E-state index contributed by atoms with van der Waals surface area (Å²) in [7, 11) is 3.51. The highest BCUT2D eigenvalue weighted by Gasteiger charge is 2.29. The van der Waals surface area contributed by atoms with Gasteiger partial charge in [0.05, 0.1) is 18.1 Å². The maximum absolute atomic E-state index is 10.6. The number of fused-ring (bicyclic) bond motifs is 1. The monoisotopic (exact) mass is 389 g/mol. The molecule has 1 aromatic heterocycles. The summed E-state index contributed by atoms with van der Waals surface area (Å²) in [6, 6.07) is 7.89. The highest BCUT2D eigenvalue weighted by molar-refractivity contribution is 5.33. The van der Waals surface area contributed by atoms with Crippen molar-refractivity contribution in [3.05, 3.63) is 48.0 Å². The fourth-order valence-corrected chi connectivity index (χ4v) is 3.61. The van der Waals surface area contributed by atoms with Crippen LogP contribution in [-0.4, -0.2) is 69.8 Å². The molecule has 3 rings (SSSR count). The number of aromatic nitrogens is 2. The zero-order valence-corrected chi connectivity index (χ0v) is 16.7. The van der Waals surface area contributed by atoms with Crippen LogP contribution in [0.2, 0.25) is 0 Å². The minimum atomic E-state index is -1.04. The first-order valence-electron chi connectivity index (χ1n) is 9.85. The summed E-state index contributed by atoms with van der Waals surface area (Å²) in [5.74, 6) is 0.771. The molecular formula is C21H31N3O4. The van der Waals surface area contributed by atoms with Crippen molar-refractivity contribution in [1.29, 1.82) is 0 Å². The quantitative estimate of drug-likeness (QED) is 0.826. The van der Waals surface area contributed by atoms with Gasteiger partial charge in [0.2, 0.25) is 0 Å². The Morgan fingerprint density at radius 3 is 2.82 bits per heavy atom. The normalized spacial score (nSPS) is 25.1. The average molecular weight is 389 g/mol. The molecule has 0 aliphatic carbocycles. The van der Waals surface area contributed by atoms with Gasteiger partial charge in [-0.25, -0.2) is 4.98 Å². The van der Waals surface area contributed by atoms with Crippen LogP contribution in [0.5, 0.6) is 5.75 Å². The van der Waals surface area contributed by atoms with Crippen LogP contribution in [0.4, 0.5) is 0 Å². The molecule has 1 aliphatic rings. The number of rotatable bonds is 3. The van der Waals surface area contributed by atoms with Crippen LogP contribution in [0.1, 0.15) is 24.1 Å². The molecule has 3 atom stereocenters. The predicted octanol–water partition coefficient (Wildman–Crippen LogP) is 1.37. The number of aryl methyl sites for hydroxylation is 2. The van der Waals surface area contributed by atoms with E-state index in [0.29, 0.717) is 13.1 Å². The number of aliphatic hydroxyl groups is 2. The summed E-state index contributed by atoms with van der Waals surface area (Å²) >= 11 is 0. The number of benzene rings is 1. The Morgan fingerprint density at radius 2 is 2.07 bits per heavy atom. The second kappa shape index (κ2) is 10.0. The molecule has 7 nitrogen and oxygen atoms in total. The van der Waals surface area contributed by atoms with Crippen molar-refractivity contribution in [2.24, 2.45) is 7.05 Å². The Kier molecular flexibility index (Phi) is 7.44. The topological polar surface area (TPSA) is 80.0 Å². The zero-order valence-electron chi connectivity index (χ0n) is 16.7. The Bertz CT molecular complexity index is 736. The van der Waals surface area contributed by atoms with E-state index >= 15 is 0 Å². The molecule has 0 saturated carbocycles. The van der Waals surface area contributed by atoms with Gasteiger partial charge in [0, 0.05) is 33.4 Å². The van der Waals surface area contributed by atoms with Gasteiger partial charge in [-0.3, -0.25) is 4.90 Å². The lowest BCUT2D eigenvalue weighted by Gasteiger charge is -2.31. The van der Waals surface area contributed by atoms with Crippen LogP contribution >= 0.6 is 0 Å². The molecule has 2 heterocycles. The summed E-state index contributed by atoms with van der Waals surface area (Å²) in [4.78, 5) is 6.65. The number of para-hydroxylation sites is 1. The van der Waals surface area contributed by atoms with Gasteiger partial charge in [-0.1, -0.05) is 18.2 Å². The van der Waals surface area contributed by atoms with Crippen LogP contribution in [0, 0.1) is 0 Å². The highest BCUT2D eigenvalue weighted by Crippen LogP contribution is 2.22. The van der Waals surface area contributed by atoms with E-state index in [4.69, 9.17) is 9.47 Å². The van der Waals surface area contributed by atoms with Crippen molar-refractivity contribution in [3.8, 4) is 5.75 Å². The molecule has 1 aliphatic heterocycles. The van der Waals surface area contributed by atoms with Gasteiger partial charge in [0.25, 0.3) is 0 Å². The predicted molar refractivity (Wildman–Crippen MR) is 106 cm³/mol. The molecule has 1 aromatic carbocycles. The molecule has 28 heavy (non-hydrogen) atoms. The molecule has 154 valence electrons. The molecule has 0 fully saturated rings. The Labute approximate surface area is 166 Å². The van der Waals surface area contributed by atoms with Crippen LogP contribution in [0.25, 0.3) is 0 Å². The standard InChI is InChI=1S/C21H31N3O4/c1-23-11-17(22-15-23)12-24-10-6-5-8-16-7-3-4-9-19(16)28-14-18(25)21(26)20(13-24)27-2/h3-4,7,9,11,15,18,20-21,25-26H,5-6,8,10,12-14H2,1-2H3/t18-,20+,21-/m1/s1. The van der Waals surface area contributed by atoms with Crippen LogP contribution < -0.4 is 4.74 Å². The fraction of sp³-hybridized carbons (Fsp3) is 0.571. The Morgan fingerprint density at radius 1 is 1.25 bits per heavy atom. The molecule has 2 N–H and O–H groups in total. The SMILES string of the molecule is CO[C@H]1CN(Cc2cn(C)cn2)CCCCc2ccccc2OC[C@@H](O)[C@H]1O. The van der Waals surface area contributed by atoms with Gasteiger partial charge in [-0.15, -0.1) is 0 Å². The molecule has 0 spiro atoms.